The van der Waals surface area contributed by atoms with Gasteiger partial charge in [-0.05, 0) is 24.1 Å². The van der Waals surface area contributed by atoms with Crippen molar-refractivity contribution < 1.29 is 14.6 Å². The van der Waals surface area contributed by atoms with Gasteiger partial charge >= 0.3 is 6.03 Å². The Morgan fingerprint density at radius 3 is 2.85 bits per heavy atom. The average Bonchev–Trinajstić information content (AvgIpc) is 3.08. The Labute approximate surface area is 154 Å². The van der Waals surface area contributed by atoms with Crippen LogP contribution in [0.25, 0.3) is 0 Å². The molecule has 2 aromatic rings. The highest BCUT2D eigenvalue weighted by atomic mass is 16.5. The van der Waals surface area contributed by atoms with Crippen molar-refractivity contribution in [2.24, 2.45) is 7.05 Å². The minimum absolute atomic E-state index is 0.0661. The highest BCUT2D eigenvalue weighted by Crippen LogP contribution is 2.24. The summed E-state index contributed by atoms with van der Waals surface area (Å²) in [6.07, 6.45) is 5.42. The molecular formula is C19H28N4O3. The fourth-order valence-corrected chi connectivity index (χ4v) is 2.77. The van der Waals surface area contributed by atoms with E-state index in [0.29, 0.717) is 18.8 Å². The van der Waals surface area contributed by atoms with E-state index < -0.39 is 6.04 Å². The van der Waals surface area contributed by atoms with Gasteiger partial charge in [0.1, 0.15) is 17.6 Å². The topological polar surface area (TPSA) is 79.6 Å². The quantitative estimate of drug-likeness (QED) is 0.719. The van der Waals surface area contributed by atoms with Crippen molar-refractivity contribution in [3.05, 3.63) is 48.0 Å². The highest BCUT2D eigenvalue weighted by molar-refractivity contribution is 5.75. The van der Waals surface area contributed by atoms with Crippen LogP contribution in [0.1, 0.15) is 37.2 Å². The van der Waals surface area contributed by atoms with Gasteiger partial charge in [-0.3, -0.25) is 0 Å². The molecule has 1 aromatic heterocycles. The number of rotatable bonds is 9. The molecule has 0 aliphatic rings. The molecule has 1 unspecified atom stereocenters. The molecule has 0 saturated carbocycles. The van der Waals surface area contributed by atoms with E-state index in [4.69, 9.17) is 4.74 Å². The van der Waals surface area contributed by atoms with Crippen molar-refractivity contribution >= 4 is 6.03 Å². The number of urea groups is 1. The molecule has 0 bridgehead atoms. The van der Waals surface area contributed by atoms with Gasteiger partial charge < -0.3 is 24.6 Å². The molecule has 0 spiro atoms. The first kappa shape index (κ1) is 19.8. The molecule has 0 aliphatic carbocycles. The summed E-state index contributed by atoms with van der Waals surface area (Å²) in [6, 6.07) is 6.94. The Morgan fingerprint density at radius 2 is 2.23 bits per heavy atom. The number of hydrogen-bond acceptors (Lipinski definition) is 4. The third-order valence-electron chi connectivity index (χ3n) is 4.25. The summed E-state index contributed by atoms with van der Waals surface area (Å²) in [6.45, 7) is 2.91. The van der Waals surface area contributed by atoms with Gasteiger partial charge in [0.15, 0.2) is 0 Å². The van der Waals surface area contributed by atoms with Crippen molar-refractivity contribution in [3.63, 3.8) is 0 Å². The molecule has 2 N–H and O–H groups in total. The van der Waals surface area contributed by atoms with Crippen molar-refractivity contribution in [2.45, 2.75) is 25.8 Å². The number of hydrogen-bond donors (Lipinski definition) is 2. The molecule has 0 radical (unpaired) electrons. The van der Waals surface area contributed by atoms with E-state index in [9.17, 15) is 9.90 Å². The lowest BCUT2D eigenvalue weighted by Crippen LogP contribution is -2.44. The maximum atomic E-state index is 12.8. The number of aliphatic hydroxyl groups is 1. The molecule has 2 rings (SSSR count). The molecule has 26 heavy (non-hydrogen) atoms. The van der Waals surface area contributed by atoms with Gasteiger partial charge in [0.2, 0.25) is 0 Å². The zero-order valence-electron chi connectivity index (χ0n) is 15.7. The minimum Gasteiger partial charge on any atom is -0.497 e. The van der Waals surface area contributed by atoms with Crippen LogP contribution in [0.2, 0.25) is 0 Å². The maximum absolute atomic E-state index is 12.8. The smallest absolute Gasteiger partial charge is 0.318 e. The number of unbranched alkanes of at least 4 members (excludes halogenated alkanes) is 1. The summed E-state index contributed by atoms with van der Waals surface area (Å²) >= 11 is 0. The molecule has 1 atom stereocenters. The van der Waals surface area contributed by atoms with Crippen LogP contribution in [0.15, 0.2) is 36.7 Å². The highest BCUT2D eigenvalue weighted by Gasteiger charge is 2.23. The molecule has 2 amide bonds. The van der Waals surface area contributed by atoms with Crippen LogP contribution in [0, 0.1) is 0 Å². The number of nitrogens with zero attached hydrogens (tertiary/aromatic N) is 3. The number of methoxy groups -OCH3 is 1. The van der Waals surface area contributed by atoms with E-state index in [1.807, 2.05) is 42.1 Å². The number of imidazole rings is 1. The van der Waals surface area contributed by atoms with Crippen LogP contribution in [-0.4, -0.2) is 52.4 Å². The fourth-order valence-electron chi connectivity index (χ4n) is 2.77. The van der Waals surface area contributed by atoms with E-state index in [2.05, 4.69) is 17.2 Å². The molecule has 7 heteroatoms. The molecule has 0 fully saturated rings. The number of carbonyl (C=O) groups is 1. The molecule has 7 nitrogen and oxygen atoms in total. The third kappa shape index (κ3) is 4.98. The lowest BCUT2D eigenvalue weighted by molar-refractivity contribution is 0.174. The Morgan fingerprint density at radius 1 is 1.42 bits per heavy atom. The van der Waals surface area contributed by atoms with E-state index >= 15 is 0 Å². The van der Waals surface area contributed by atoms with Crippen LogP contribution >= 0.6 is 0 Å². The molecule has 0 saturated heterocycles. The van der Waals surface area contributed by atoms with Crippen LogP contribution in [0.5, 0.6) is 5.75 Å². The molecular weight excluding hydrogens is 332 g/mol. The Kier molecular flexibility index (Phi) is 7.47. The van der Waals surface area contributed by atoms with Gasteiger partial charge in [0.25, 0.3) is 0 Å². The summed E-state index contributed by atoms with van der Waals surface area (Å²) < 4.78 is 7.20. The summed E-state index contributed by atoms with van der Waals surface area (Å²) in [7, 11) is 3.51. The van der Waals surface area contributed by atoms with Crippen molar-refractivity contribution in [1.82, 2.24) is 19.8 Å². The number of amides is 2. The first-order chi connectivity index (χ1) is 12.6. The number of carbonyl (C=O) groups excluding carboxylic acids is 1. The second-order valence-corrected chi connectivity index (χ2v) is 6.12. The predicted molar refractivity (Wildman–Crippen MR) is 100 cm³/mol. The summed E-state index contributed by atoms with van der Waals surface area (Å²) in [5.41, 5.74) is 0.881. The largest absolute Gasteiger partial charge is 0.497 e. The molecule has 1 heterocycles. The standard InChI is InChI=1S/C19H28N4O3/c1-4-5-10-23(12-13-24)19(25)21-17(18-20-9-11-22(18)2)15-7-6-8-16(14-15)26-3/h6-9,11,14,17,24H,4-5,10,12-13H2,1-3H3,(H,21,25). The first-order valence-corrected chi connectivity index (χ1v) is 8.88. The lowest BCUT2D eigenvalue weighted by Gasteiger charge is -2.26. The summed E-state index contributed by atoms with van der Waals surface area (Å²) in [5, 5.41) is 12.3. The Hall–Kier alpha value is -2.54. The average molecular weight is 360 g/mol. The fraction of sp³-hybridized carbons (Fsp3) is 0.474. The van der Waals surface area contributed by atoms with Crippen LogP contribution in [0.4, 0.5) is 4.79 Å². The van der Waals surface area contributed by atoms with Crippen molar-refractivity contribution in [1.29, 1.82) is 0 Å². The van der Waals surface area contributed by atoms with Gasteiger partial charge in [-0.2, -0.15) is 0 Å². The minimum atomic E-state index is -0.416. The van der Waals surface area contributed by atoms with Crippen LogP contribution in [-0.2, 0) is 7.05 Å². The SMILES string of the molecule is CCCCN(CCO)C(=O)NC(c1cccc(OC)c1)c1nccn1C. The van der Waals surface area contributed by atoms with Gasteiger partial charge in [0.05, 0.1) is 13.7 Å². The van der Waals surface area contributed by atoms with E-state index in [1.54, 1.807) is 18.2 Å². The molecule has 0 aliphatic heterocycles. The summed E-state index contributed by atoms with van der Waals surface area (Å²) in [5.74, 6) is 1.44. The normalized spacial score (nSPS) is 11.8. The van der Waals surface area contributed by atoms with Gasteiger partial charge in [-0.25, -0.2) is 9.78 Å². The zero-order valence-corrected chi connectivity index (χ0v) is 15.7. The molecule has 1 aromatic carbocycles. The monoisotopic (exact) mass is 360 g/mol. The van der Waals surface area contributed by atoms with Gasteiger partial charge in [0, 0.05) is 32.5 Å². The van der Waals surface area contributed by atoms with Crippen LogP contribution < -0.4 is 10.1 Å². The van der Waals surface area contributed by atoms with E-state index in [0.717, 1.165) is 24.2 Å². The number of aromatic nitrogens is 2. The Balaban J connectivity index is 2.29. The summed E-state index contributed by atoms with van der Waals surface area (Å²) in [4.78, 5) is 18.9. The van der Waals surface area contributed by atoms with E-state index in [-0.39, 0.29) is 12.6 Å². The second-order valence-electron chi connectivity index (χ2n) is 6.12. The number of nitrogens with one attached hydrogen (secondary N) is 1. The van der Waals surface area contributed by atoms with Gasteiger partial charge in [-0.15, -0.1) is 0 Å². The number of ether oxygens (including phenoxy) is 1. The molecule has 142 valence electrons. The Bertz CT molecular complexity index is 702. The number of benzene rings is 1. The van der Waals surface area contributed by atoms with Crippen LogP contribution in [0.3, 0.4) is 0 Å². The van der Waals surface area contributed by atoms with Crippen molar-refractivity contribution in [2.75, 3.05) is 26.8 Å². The zero-order chi connectivity index (χ0) is 18.9. The lowest BCUT2D eigenvalue weighted by atomic mass is 10.1. The number of aryl methyl sites for hydroxylation is 1. The second kappa shape index (κ2) is 9.82. The van der Waals surface area contributed by atoms with E-state index in [1.165, 1.54) is 0 Å². The number of aliphatic hydroxyl groups excluding tert-OH is 1. The first-order valence-electron chi connectivity index (χ1n) is 8.88. The maximum Gasteiger partial charge on any atom is 0.318 e. The third-order valence-corrected chi connectivity index (χ3v) is 4.25. The van der Waals surface area contributed by atoms with Crippen molar-refractivity contribution in [3.8, 4) is 5.75 Å². The van der Waals surface area contributed by atoms with Gasteiger partial charge in [-0.1, -0.05) is 25.5 Å². The predicted octanol–water partition coefficient (Wildman–Crippen LogP) is 2.32.